The van der Waals surface area contributed by atoms with Crippen molar-refractivity contribution in [3.05, 3.63) is 35.9 Å². The van der Waals surface area contributed by atoms with Crippen LogP contribution in [0.2, 0.25) is 0 Å². The van der Waals surface area contributed by atoms with Crippen molar-refractivity contribution in [1.82, 2.24) is 10.2 Å². The second-order valence-electron chi connectivity index (χ2n) is 6.57. The summed E-state index contributed by atoms with van der Waals surface area (Å²) in [6, 6.07) is 10.8. The van der Waals surface area contributed by atoms with E-state index >= 15 is 0 Å². The Kier molecular flexibility index (Phi) is 5.80. The molecule has 122 valence electrons. The normalized spacial score (nSPS) is 27.9. The molecule has 2 heterocycles. The Balaban J connectivity index is 1.53. The molecule has 2 aliphatic heterocycles. The monoisotopic (exact) mass is 320 g/mol. The van der Waals surface area contributed by atoms with Gasteiger partial charge in [0.15, 0.2) is 0 Å². The molecule has 0 spiro atoms. The molecule has 22 heavy (non-hydrogen) atoms. The minimum absolute atomic E-state index is 0.352. The van der Waals surface area contributed by atoms with Crippen molar-refractivity contribution in [2.24, 2.45) is 0 Å². The lowest BCUT2D eigenvalue weighted by Gasteiger charge is -2.43. The quantitative estimate of drug-likeness (QED) is 0.871. The van der Waals surface area contributed by atoms with Gasteiger partial charge in [0.1, 0.15) is 0 Å². The van der Waals surface area contributed by atoms with Crippen LogP contribution in [0.5, 0.6) is 0 Å². The first-order chi connectivity index (χ1) is 10.8. The van der Waals surface area contributed by atoms with E-state index in [0.717, 1.165) is 39.4 Å². The first-order valence-electron chi connectivity index (χ1n) is 8.46. The average Bonchev–Trinajstić information content (AvgIpc) is 3.06. The third kappa shape index (κ3) is 3.85. The van der Waals surface area contributed by atoms with E-state index < -0.39 is 0 Å². The van der Waals surface area contributed by atoms with E-state index in [0.29, 0.717) is 11.5 Å². The fraction of sp³-hybridized carbons (Fsp3) is 0.667. The summed E-state index contributed by atoms with van der Waals surface area (Å²) >= 11 is 2.11. The van der Waals surface area contributed by atoms with Crippen LogP contribution in [0.4, 0.5) is 0 Å². The number of thioether (sulfide) groups is 1. The molecule has 3 nitrogen and oxygen atoms in total. The number of hydrogen-bond acceptors (Lipinski definition) is 4. The predicted molar refractivity (Wildman–Crippen MR) is 94.8 cm³/mol. The lowest BCUT2D eigenvalue weighted by atomic mass is 9.94. The van der Waals surface area contributed by atoms with Crippen LogP contribution in [0.15, 0.2) is 30.3 Å². The van der Waals surface area contributed by atoms with Gasteiger partial charge < -0.3 is 10.1 Å². The molecule has 0 bridgehead atoms. The third-order valence-electron chi connectivity index (χ3n) is 5.04. The second-order valence-corrected chi connectivity index (χ2v) is 7.67. The number of rotatable bonds is 6. The van der Waals surface area contributed by atoms with E-state index in [1.165, 1.54) is 23.5 Å². The second kappa shape index (κ2) is 7.82. The summed E-state index contributed by atoms with van der Waals surface area (Å²) < 4.78 is 5.54. The molecule has 0 aromatic heterocycles. The minimum atomic E-state index is 0.352. The van der Waals surface area contributed by atoms with Crippen molar-refractivity contribution in [1.29, 1.82) is 0 Å². The molecule has 4 heteroatoms. The average molecular weight is 321 g/mol. The Labute approximate surface area is 138 Å². The van der Waals surface area contributed by atoms with E-state index in [1.54, 1.807) is 0 Å². The van der Waals surface area contributed by atoms with Crippen LogP contribution >= 0.6 is 11.8 Å². The molecule has 3 rings (SSSR count). The van der Waals surface area contributed by atoms with Crippen molar-refractivity contribution >= 4 is 11.8 Å². The summed E-state index contributed by atoms with van der Waals surface area (Å²) in [6.45, 7) is 8.46. The smallest absolute Gasteiger partial charge is 0.0594 e. The molecule has 2 fully saturated rings. The molecule has 2 atom stereocenters. The van der Waals surface area contributed by atoms with Crippen LogP contribution in [-0.2, 0) is 4.74 Å². The molecule has 0 radical (unpaired) electrons. The highest BCUT2D eigenvalue weighted by Crippen LogP contribution is 2.33. The van der Waals surface area contributed by atoms with Gasteiger partial charge in [-0.3, -0.25) is 4.90 Å². The Hall–Kier alpha value is -0.550. The van der Waals surface area contributed by atoms with Gasteiger partial charge >= 0.3 is 0 Å². The van der Waals surface area contributed by atoms with Gasteiger partial charge in [0.2, 0.25) is 0 Å². The van der Waals surface area contributed by atoms with E-state index in [4.69, 9.17) is 4.74 Å². The summed E-state index contributed by atoms with van der Waals surface area (Å²) in [5, 5.41) is 3.77. The van der Waals surface area contributed by atoms with Gasteiger partial charge in [-0.05, 0) is 23.7 Å². The SMILES string of the molecule is CC(CNCC1(N2CCOCC2)CCSC1)c1ccccc1. The van der Waals surface area contributed by atoms with Crippen LogP contribution in [0.1, 0.15) is 24.8 Å². The maximum atomic E-state index is 5.54. The van der Waals surface area contributed by atoms with Gasteiger partial charge in [0, 0.05) is 37.5 Å². The maximum Gasteiger partial charge on any atom is 0.0594 e. The molecule has 0 aliphatic carbocycles. The van der Waals surface area contributed by atoms with E-state index in [9.17, 15) is 0 Å². The Morgan fingerprint density at radius 2 is 2.05 bits per heavy atom. The highest BCUT2D eigenvalue weighted by molar-refractivity contribution is 7.99. The Morgan fingerprint density at radius 3 is 2.73 bits per heavy atom. The van der Waals surface area contributed by atoms with Crippen LogP contribution < -0.4 is 5.32 Å². The molecular weight excluding hydrogens is 292 g/mol. The molecule has 1 aromatic carbocycles. The lowest BCUT2D eigenvalue weighted by Crippen LogP contribution is -2.58. The summed E-state index contributed by atoms with van der Waals surface area (Å²) in [6.07, 6.45) is 1.31. The summed E-state index contributed by atoms with van der Waals surface area (Å²) in [7, 11) is 0. The molecule has 0 saturated carbocycles. The van der Waals surface area contributed by atoms with Crippen molar-refractivity contribution < 1.29 is 4.74 Å². The zero-order valence-electron chi connectivity index (χ0n) is 13.6. The maximum absolute atomic E-state index is 5.54. The van der Waals surface area contributed by atoms with Gasteiger partial charge in [0.25, 0.3) is 0 Å². The first-order valence-corrected chi connectivity index (χ1v) is 9.62. The summed E-state index contributed by atoms with van der Waals surface area (Å²) in [4.78, 5) is 2.68. The standard InChI is InChI=1S/C18H28N2OS/c1-16(17-5-3-2-4-6-17)13-19-14-18(7-12-22-15-18)20-8-10-21-11-9-20/h2-6,16,19H,7-15H2,1H3. The predicted octanol–water partition coefficient (Wildman–Crippen LogP) is 2.59. The largest absolute Gasteiger partial charge is 0.379 e. The number of ether oxygens (including phenoxy) is 1. The van der Waals surface area contributed by atoms with Gasteiger partial charge in [0.05, 0.1) is 13.2 Å². The van der Waals surface area contributed by atoms with Crippen molar-refractivity contribution in [3.63, 3.8) is 0 Å². The van der Waals surface area contributed by atoms with Gasteiger partial charge in [-0.1, -0.05) is 37.3 Å². The van der Waals surface area contributed by atoms with Crippen LogP contribution in [-0.4, -0.2) is 61.3 Å². The molecule has 2 saturated heterocycles. The van der Waals surface area contributed by atoms with Crippen molar-refractivity contribution in [2.75, 3.05) is 50.9 Å². The molecule has 0 amide bonds. The van der Waals surface area contributed by atoms with E-state index in [1.807, 2.05) is 0 Å². The number of nitrogens with zero attached hydrogens (tertiary/aromatic N) is 1. The molecule has 1 aromatic rings. The number of morpholine rings is 1. The van der Waals surface area contributed by atoms with Gasteiger partial charge in [-0.2, -0.15) is 11.8 Å². The highest BCUT2D eigenvalue weighted by Gasteiger charge is 2.40. The molecule has 1 N–H and O–H groups in total. The van der Waals surface area contributed by atoms with Gasteiger partial charge in [-0.15, -0.1) is 0 Å². The lowest BCUT2D eigenvalue weighted by molar-refractivity contribution is -0.0133. The fourth-order valence-electron chi connectivity index (χ4n) is 3.56. The highest BCUT2D eigenvalue weighted by atomic mass is 32.2. The van der Waals surface area contributed by atoms with Crippen LogP contribution in [0.3, 0.4) is 0 Å². The molecule has 2 aliphatic rings. The zero-order valence-corrected chi connectivity index (χ0v) is 14.4. The van der Waals surface area contributed by atoms with Gasteiger partial charge in [-0.25, -0.2) is 0 Å². The third-order valence-corrected chi connectivity index (χ3v) is 6.27. The van der Waals surface area contributed by atoms with Crippen LogP contribution in [0, 0.1) is 0 Å². The minimum Gasteiger partial charge on any atom is -0.379 e. The fourth-order valence-corrected chi connectivity index (χ4v) is 5.03. The Morgan fingerprint density at radius 1 is 1.27 bits per heavy atom. The Bertz CT molecular complexity index is 442. The van der Waals surface area contributed by atoms with E-state index in [-0.39, 0.29) is 0 Å². The van der Waals surface area contributed by atoms with E-state index in [2.05, 4.69) is 59.2 Å². The molecular formula is C18H28N2OS. The van der Waals surface area contributed by atoms with Crippen molar-refractivity contribution in [2.45, 2.75) is 24.8 Å². The number of benzene rings is 1. The first kappa shape index (κ1) is 16.3. The number of hydrogen-bond donors (Lipinski definition) is 1. The molecule has 2 unspecified atom stereocenters. The summed E-state index contributed by atoms with van der Waals surface area (Å²) in [5.41, 5.74) is 1.78. The summed E-state index contributed by atoms with van der Waals surface area (Å²) in [5.74, 6) is 3.13. The van der Waals surface area contributed by atoms with Crippen LogP contribution in [0.25, 0.3) is 0 Å². The number of nitrogens with one attached hydrogen (secondary N) is 1. The van der Waals surface area contributed by atoms with Crippen molar-refractivity contribution in [3.8, 4) is 0 Å². The zero-order chi connectivity index (χ0) is 15.3. The topological polar surface area (TPSA) is 24.5 Å².